The minimum Gasteiger partial charge on any atom is -0.423 e. The summed E-state index contributed by atoms with van der Waals surface area (Å²) in [6, 6.07) is 48.9. The molecule has 2 nitrogen and oxygen atoms in total. The lowest BCUT2D eigenvalue weighted by Gasteiger charge is -2.03. The number of rotatable bonds is 2. The molecule has 6 aromatic rings. The van der Waals surface area contributed by atoms with Crippen molar-refractivity contribution in [3.8, 4) is 11.1 Å². The second-order valence-electron chi connectivity index (χ2n) is 8.20. The molecule has 0 bridgehead atoms. The summed E-state index contributed by atoms with van der Waals surface area (Å²) in [6.45, 7) is 16.0. The van der Waals surface area contributed by atoms with E-state index in [1.807, 2.05) is 110 Å². The van der Waals surface area contributed by atoms with Crippen LogP contribution in [0.1, 0.15) is 55.4 Å². The van der Waals surface area contributed by atoms with Crippen molar-refractivity contribution in [2.75, 3.05) is 0 Å². The maximum Gasteiger partial charge on any atom is 0.488 e. The van der Waals surface area contributed by atoms with E-state index in [1.54, 1.807) is 12.1 Å². The lowest BCUT2D eigenvalue weighted by Crippen LogP contribution is -2.29. The molecule has 0 radical (unpaired) electrons. The van der Waals surface area contributed by atoms with E-state index in [-0.39, 0.29) is 0 Å². The van der Waals surface area contributed by atoms with E-state index >= 15 is 0 Å². The molecule has 0 aliphatic heterocycles. The van der Waals surface area contributed by atoms with Crippen LogP contribution in [0.4, 0.5) is 0 Å². The minimum atomic E-state index is -1.38. The Morgan fingerprint density at radius 3 is 1.20 bits per heavy atom. The summed E-state index contributed by atoms with van der Waals surface area (Å²) < 4.78 is 1.29. The summed E-state index contributed by atoms with van der Waals surface area (Å²) in [6.07, 6.45) is 0. The van der Waals surface area contributed by atoms with E-state index in [0.29, 0.717) is 5.46 Å². The van der Waals surface area contributed by atoms with Crippen molar-refractivity contribution in [2.45, 2.75) is 55.4 Å². The quantitative estimate of drug-likeness (QED) is 0.139. The van der Waals surface area contributed by atoms with E-state index in [0.717, 1.165) is 10.8 Å². The van der Waals surface area contributed by atoms with Gasteiger partial charge in [0.1, 0.15) is 0 Å². The molecule has 0 amide bonds. The van der Waals surface area contributed by atoms with Gasteiger partial charge in [-0.2, -0.15) is 0 Å². The molecule has 0 atom stereocenters. The fourth-order valence-electron chi connectivity index (χ4n) is 3.78. The highest BCUT2D eigenvalue weighted by atomic mass is 127. The Morgan fingerprint density at radius 1 is 0.386 bits per heavy atom. The first-order chi connectivity index (χ1) is 21.6. The molecule has 0 aromatic heterocycles. The summed E-state index contributed by atoms with van der Waals surface area (Å²) >= 11 is 2.28. The number of fused-ring (bicyclic) bond motifs is 2. The summed E-state index contributed by atoms with van der Waals surface area (Å²) in [5.41, 5.74) is 3.08. The van der Waals surface area contributed by atoms with Gasteiger partial charge in [0.2, 0.25) is 0 Å². The third-order valence-corrected chi connectivity index (χ3v) is 6.38. The Morgan fingerprint density at radius 2 is 0.773 bits per heavy atom. The summed E-state index contributed by atoms with van der Waals surface area (Å²) in [7, 11) is -1.38. The van der Waals surface area contributed by atoms with Crippen LogP contribution in [0, 0.1) is 3.57 Å². The van der Waals surface area contributed by atoms with Gasteiger partial charge in [0.15, 0.2) is 0 Å². The van der Waals surface area contributed by atoms with Crippen LogP contribution in [0.5, 0.6) is 0 Å². The van der Waals surface area contributed by atoms with Gasteiger partial charge in [-0.1, -0.05) is 183 Å². The topological polar surface area (TPSA) is 40.5 Å². The monoisotopic (exact) mass is 700 g/mol. The highest BCUT2D eigenvalue weighted by Crippen LogP contribution is 2.23. The molecule has 0 unspecified atom stereocenters. The van der Waals surface area contributed by atoms with Crippen LogP contribution in [-0.2, 0) is 0 Å². The maximum absolute atomic E-state index is 8.94. The van der Waals surface area contributed by atoms with Crippen molar-refractivity contribution in [3.63, 3.8) is 0 Å². The van der Waals surface area contributed by atoms with Gasteiger partial charge in [-0.05, 0) is 78.9 Å². The summed E-state index contributed by atoms with van der Waals surface area (Å²) in [4.78, 5) is 0. The largest absolute Gasteiger partial charge is 0.488 e. The van der Waals surface area contributed by atoms with Gasteiger partial charge in [0, 0.05) is 3.57 Å². The smallest absolute Gasteiger partial charge is 0.423 e. The van der Waals surface area contributed by atoms with Crippen molar-refractivity contribution in [1.29, 1.82) is 0 Å². The third-order valence-electron chi connectivity index (χ3n) is 5.66. The molecule has 232 valence electrons. The molecule has 6 rings (SSSR count). The SMILES string of the molecule is CC.CC.CC.CC.Ic1ccccc1.OB(O)c1ccc2ccccc2c1.c1ccc(-c2ccc3ccccc3c2)cc1. The first-order valence-electron chi connectivity index (χ1n) is 15.7. The van der Waals surface area contributed by atoms with Gasteiger partial charge in [-0.15, -0.1) is 0 Å². The van der Waals surface area contributed by atoms with Crippen LogP contribution >= 0.6 is 22.6 Å². The van der Waals surface area contributed by atoms with Gasteiger partial charge in [-0.25, -0.2) is 0 Å². The molecule has 0 aliphatic rings. The van der Waals surface area contributed by atoms with E-state index < -0.39 is 7.12 Å². The van der Waals surface area contributed by atoms with Crippen LogP contribution < -0.4 is 5.46 Å². The van der Waals surface area contributed by atoms with Crippen molar-refractivity contribution < 1.29 is 10.0 Å². The Bertz CT molecular complexity index is 1520. The van der Waals surface area contributed by atoms with Crippen LogP contribution in [0.2, 0.25) is 0 Å². The van der Waals surface area contributed by atoms with Crippen molar-refractivity contribution in [2.24, 2.45) is 0 Å². The zero-order chi connectivity index (χ0) is 33.2. The number of benzene rings is 6. The summed E-state index contributed by atoms with van der Waals surface area (Å²) in [5, 5.41) is 22.6. The zero-order valence-electron chi connectivity index (χ0n) is 27.7. The molecule has 0 saturated carbocycles. The van der Waals surface area contributed by atoms with Crippen LogP contribution in [-0.4, -0.2) is 17.2 Å². The second kappa shape index (κ2) is 26.0. The maximum atomic E-state index is 8.94. The van der Waals surface area contributed by atoms with Gasteiger partial charge >= 0.3 is 7.12 Å². The Kier molecular flexibility index (Phi) is 24.0. The van der Waals surface area contributed by atoms with Crippen molar-refractivity contribution in [1.82, 2.24) is 0 Å². The summed E-state index contributed by atoms with van der Waals surface area (Å²) in [5.74, 6) is 0. The average Bonchev–Trinajstić information content (AvgIpc) is 3.12. The number of halogens is 1. The molecule has 0 spiro atoms. The fraction of sp³-hybridized carbons (Fsp3) is 0.200. The third kappa shape index (κ3) is 14.8. The van der Waals surface area contributed by atoms with E-state index in [9.17, 15) is 0 Å². The second-order valence-corrected chi connectivity index (χ2v) is 9.45. The first kappa shape index (κ1) is 40.6. The lowest BCUT2D eigenvalue weighted by molar-refractivity contribution is 0.426. The fourth-order valence-corrected chi connectivity index (χ4v) is 4.20. The Hall–Kier alpha value is -3.45. The highest BCUT2D eigenvalue weighted by Gasteiger charge is 2.10. The van der Waals surface area contributed by atoms with Gasteiger partial charge in [0.05, 0.1) is 0 Å². The minimum absolute atomic E-state index is 0.527. The molecule has 0 fully saturated rings. The van der Waals surface area contributed by atoms with Gasteiger partial charge in [0.25, 0.3) is 0 Å². The van der Waals surface area contributed by atoms with Crippen LogP contribution in [0.25, 0.3) is 32.7 Å². The predicted octanol–water partition coefficient (Wildman–Crippen LogP) is 11.4. The zero-order valence-corrected chi connectivity index (χ0v) is 29.9. The Balaban J connectivity index is 0.000000593. The first-order valence-corrected chi connectivity index (χ1v) is 16.8. The molecule has 4 heteroatoms. The van der Waals surface area contributed by atoms with E-state index in [2.05, 4.69) is 101 Å². The Labute approximate surface area is 281 Å². The molecule has 6 aromatic carbocycles. The van der Waals surface area contributed by atoms with Crippen LogP contribution in [0.15, 0.2) is 146 Å². The number of hydrogen-bond donors (Lipinski definition) is 2. The van der Waals surface area contributed by atoms with E-state index in [4.69, 9.17) is 10.0 Å². The van der Waals surface area contributed by atoms with Gasteiger partial charge < -0.3 is 10.0 Å². The molecular weight excluding hydrogens is 650 g/mol. The molecule has 0 saturated heterocycles. The number of hydrogen-bond acceptors (Lipinski definition) is 2. The molecule has 0 aliphatic carbocycles. The normalized spacial score (nSPS) is 8.80. The van der Waals surface area contributed by atoms with Crippen LogP contribution in [0.3, 0.4) is 0 Å². The van der Waals surface area contributed by atoms with Crippen molar-refractivity contribution in [3.05, 3.63) is 149 Å². The molecular formula is C40H50BIO2. The predicted molar refractivity (Wildman–Crippen MR) is 208 cm³/mol. The average molecular weight is 701 g/mol. The lowest BCUT2D eigenvalue weighted by atomic mass is 9.79. The molecule has 2 N–H and O–H groups in total. The van der Waals surface area contributed by atoms with Crippen molar-refractivity contribution >= 4 is 56.7 Å². The van der Waals surface area contributed by atoms with Gasteiger partial charge in [-0.3, -0.25) is 0 Å². The molecule has 0 heterocycles. The van der Waals surface area contributed by atoms with E-state index in [1.165, 1.54) is 25.5 Å². The highest BCUT2D eigenvalue weighted by molar-refractivity contribution is 14.1. The molecule has 44 heavy (non-hydrogen) atoms. The standard InChI is InChI=1S/C16H12.C10H9BO2.C6H5I.4C2H6/c1-2-6-13(7-3-1)16-11-10-14-8-4-5-9-15(14)12-16;12-11(13)10-6-5-8-3-1-2-4-9(8)7-10;7-6-4-2-1-3-5-6;4*1-2/h1-12H;1-7,12-13H;1-5H;4*1-2H3.